The molecule has 2 aromatic heterocycles. The highest BCUT2D eigenvalue weighted by Crippen LogP contribution is 2.26. The molecule has 0 bridgehead atoms. The molecule has 1 amide bonds. The smallest absolute Gasteiger partial charge is 0.232 e. The molecule has 3 rings (SSSR count). The number of carbonyl (C=O) groups excluding carboxylic acids is 1. The molecule has 0 aliphatic rings. The SMILES string of the molecule is Cc1ccc2nc(NC(=O)Cc3coc(C)n3)sc2c1. The number of anilines is 1. The van der Waals surface area contributed by atoms with E-state index in [4.69, 9.17) is 4.42 Å². The number of amides is 1. The second-order valence-electron chi connectivity index (χ2n) is 4.57. The molecular weight excluding hydrogens is 274 g/mol. The number of oxazole rings is 1. The van der Waals surface area contributed by atoms with Crippen molar-refractivity contribution >= 4 is 32.6 Å². The van der Waals surface area contributed by atoms with Crippen molar-refractivity contribution in [2.75, 3.05) is 5.32 Å². The summed E-state index contributed by atoms with van der Waals surface area (Å²) in [5, 5.41) is 3.40. The number of aryl methyl sites for hydroxylation is 2. The second-order valence-corrected chi connectivity index (χ2v) is 5.60. The molecule has 0 radical (unpaired) electrons. The van der Waals surface area contributed by atoms with E-state index in [1.807, 2.05) is 19.1 Å². The first-order valence-electron chi connectivity index (χ1n) is 6.18. The van der Waals surface area contributed by atoms with Crippen molar-refractivity contribution in [2.24, 2.45) is 0 Å². The van der Waals surface area contributed by atoms with Gasteiger partial charge in [-0.15, -0.1) is 0 Å². The summed E-state index contributed by atoms with van der Waals surface area (Å²) >= 11 is 1.47. The van der Waals surface area contributed by atoms with E-state index in [0.717, 1.165) is 10.2 Å². The molecular formula is C14H13N3O2S. The van der Waals surface area contributed by atoms with Crippen LogP contribution in [0.5, 0.6) is 0 Å². The largest absolute Gasteiger partial charge is 0.449 e. The van der Waals surface area contributed by atoms with Crippen LogP contribution in [-0.2, 0) is 11.2 Å². The van der Waals surface area contributed by atoms with Crippen LogP contribution in [0.2, 0.25) is 0 Å². The number of hydrogen-bond donors (Lipinski definition) is 1. The van der Waals surface area contributed by atoms with E-state index in [9.17, 15) is 4.79 Å². The van der Waals surface area contributed by atoms with Crippen molar-refractivity contribution in [3.8, 4) is 0 Å². The molecule has 3 aromatic rings. The van der Waals surface area contributed by atoms with Crippen LogP contribution in [0.25, 0.3) is 10.2 Å². The fourth-order valence-corrected chi connectivity index (χ4v) is 2.88. The first-order valence-corrected chi connectivity index (χ1v) is 7.00. The summed E-state index contributed by atoms with van der Waals surface area (Å²) in [7, 11) is 0. The Morgan fingerprint density at radius 2 is 2.20 bits per heavy atom. The Balaban J connectivity index is 1.73. The highest BCUT2D eigenvalue weighted by atomic mass is 32.1. The summed E-state index contributed by atoms with van der Waals surface area (Å²) in [5.41, 5.74) is 2.70. The molecule has 0 spiro atoms. The maximum absolute atomic E-state index is 11.9. The quantitative estimate of drug-likeness (QED) is 0.803. The Hall–Kier alpha value is -2.21. The number of thiazole rings is 1. The zero-order valence-electron chi connectivity index (χ0n) is 11.1. The van der Waals surface area contributed by atoms with Crippen LogP contribution in [0.4, 0.5) is 5.13 Å². The van der Waals surface area contributed by atoms with Crippen LogP contribution in [0, 0.1) is 13.8 Å². The van der Waals surface area contributed by atoms with Gasteiger partial charge in [0.2, 0.25) is 5.91 Å². The lowest BCUT2D eigenvalue weighted by Crippen LogP contribution is -2.14. The van der Waals surface area contributed by atoms with E-state index < -0.39 is 0 Å². The van der Waals surface area contributed by atoms with Crippen molar-refractivity contribution in [3.05, 3.63) is 41.6 Å². The van der Waals surface area contributed by atoms with Crippen LogP contribution >= 0.6 is 11.3 Å². The van der Waals surface area contributed by atoms with Gasteiger partial charge in [-0.05, 0) is 24.6 Å². The summed E-state index contributed by atoms with van der Waals surface area (Å²) in [6, 6.07) is 6.02. The Morgan fingerprint density at radius 3 is 2.95 bits per heavy atom. The van der Waals surface area contributed by atoms with E-state index in [1.165, 1.54) is 23.2 Å². The summed E-state index contributed by atoms with van der Waals surface area (Å²) in [6.45, 7) is 3.78. The monoisotopic (exact) mass is 287 g/mol. The number of aromatic nitrogens is 2. The minimum Gasteiger partial charge on any atom is -0.449 e. The summed E-state index contributed by atoms with van der Waals surface area (Å²) < 4.78 is 6.14. The highest BCUT2D eigenvalue weighted by Gasteiger charge is 2.10. The van der Waals surface area contributed by atoms with E-state index in [1.54, 1.807) is 6.92 Å². The Morgan fingerprint density at radius 1 is 1.35 bits per heavy atom. The number of fused-ring (bicyclic) bond motifs is 1. The van der Waals surface area contributed by atoms with Gasteiger partial charge in [-0.25, -0.2) is 9.97 Å². The average molecular weight is 287 g/mol. The zero-order valence-corrected chi connectivity index (χ0v) is 12.0. The van der Waals surface area contributed by atoms with E-state index in [2.05, 4.69) is 21.4 Å². The molecule has 1 aromatic carbocycles. The minimum atomic E-state index is -0.144. The van der Waals surface area contributed by atoms with Crippen LogP contribution in [0.3, 0.4) is 0 Å². The van der Waals surface area contributed by atoms with Crippen molar-refractivity contribution in [1.82, 2.24) is 9.97 Å². The first kappa shape index (κ1) is 12.8. The number of benzene rings is 1. The molecule has 0 aliphatic heterocycles. The summed E-state index contributed by atoms with van der Waals surface area (Å²) in [4.78, 5) is 20.4. The van der Waals surface area contributed by atoms with Gasteiger partial charge < -0.3 is 9.73 Å². The Labute approximate surface area is 119 Å². The molecule has 0 unspecified atom stereocenters. The zero-order chi connectivity index (χ0) is 14.1. The van der Waals surface area contributed by atoms with Gasteiger partial charge in [0.05, 0.1) is 22.3 Å². The Bertz CT molecular complexity index is 776. The number of hydrogen-bond acceptors (Lipinski definition) is 5. The van der Waals surface area contributed by atoms with Gasteiger partial charge in [-0.3, -0.25) is 4.79 Å². The van der Waals surface area contributed by atoms with Crippen LogP contribution in [0.15, 0.2) is 28.9 Å². The molecule has 0 saturated heterocycles. The fourth-order valence-electron chi connectivity index (χ4n) is 1.90. The van der Waals surface area contributed by atoms with Crippen LogP contribution in [-0.4, -0.2) is 15.9 Å². The minimum absolute atomic E-state index is 0.144. The Kier molecular flexibility index (Phi) is 3.23. The molecule has 2 heterocycles. The third kappa shape index (κ3) is 2.70. The number of rotatable bonds is 3. The van der Waals surface area contributed by atoms with Gasteiger partial charge in [0.25, 0.3) is 0 Å². The number of nitrogens with zero attached hydrogens (tertiary/aromatic N) is 2. The van der Waals surface area contributed by atoms with Gasteiger partial charge in [-0.2, -0.15) is 0 Å². The van der Waals surface area contributed by atoms with Crippen molar-refractivity contribution in [1.29, 1.82) is 0 Å². The standard InChI is InChI=1S/C14H13N3O2S/c1-8-3-4-11-12(5-8)20-14(16-11)17-13(18)6-10-7-19-9(2)15-10/h3-5,7H,6H2,1-2H3,(H,16,17,18). The molecule has 6 heteroatoms. The molecule has 1 N–H and O–H groups in total. The second kappa shape index (κ2) is 5.05. The molecule has 5 nitrogen and oxygen atoms in total. The van der Waals surface area contributed by atoms with Gasteiger partial charge in [0, 0.05) is 6.92 Å². The molecule has 0 fully saturated rings. The predicted octanol–water partition coefficient (Wildman–Crippen LogP) is 3.08. The summed E-state index contributed by atoms with van der Waals surface area (Å²) in [5.74, 6) is 0.414. The van der Waals surface area contributed by atoms with Gasteiger partial charge in [-0.1, -0.05) is 17.4 Å². The van der Waals surface area contributed by atoms with Gasteiger partial charge in [0.15, 0.2) is 11.0 Å². The van der Waals surface area contributed by atoms with Crippen LogP contribution in [0.1, 0.15) is 17.1 Å². The predicted molar refractivity (Wildman–Crippen MR) is 77.9 cm³/mol. The summed E-state index contributed by atoms with van der Waals surface area (Å²) in [6.07, 6.45) is 1.68. The van der Waals surface area contributed by atoms with E-state index in [-0.39, 0.29) is 12.3 Å². The molecule has 20 heavy (non-hydrogen) atoms. The van der Waals surface area contributed by atoms with Crippen molar-refractivity contribution in [3.63, 3.8) is 0 Å². The van der Waals surface area contributed by atoms with E-state index in [0.29, 0.717) is 16.7 Å². The fraction of sp³-hybridized carbons (Fsp3) is 0.214. The first-order chi connectivity index (χ1) is 9.60. The topological polar surface area (TPSA) is 68.0 Å². The molecule has 0 saturated carbocycles. The number of carbonyl (C=O) groups is 1. The van der Waals surface area contributed by atoms with Crippen molar-refractivity contribution < 1.29 is 9.21 Å². The molecule has 0 aliphatic carbocycles. The van der Waals surface area contributed by atoms with Crippen LogP contribution < -0.4 is 5.32 Å². The molecule has 102 valence electrons. The lowest BCUT2D eigenvalue weighted by atomic mass is 10.2. The maximum Gasteiger partial charge on any atom is 0.232 e. The maximum atomic E-state index is 11.9. The van der Waals surface area contributed by atoms with Crippen molar-refractivity contribution in [2.45, 2.75) is 20.3 Å². The van der Waals surface area contributed by atoms with Gasteiger partial charge in [0.1, 0.15) is 6.26 Å². The molecule has 0 atom stereocenters. The lowest BCUT2D eigenvalue weighted by molar-refractivity contribution is -0.115. The lowest BCUT2D eigenvalue weighted by Gasteiger charge is -1.97. The van der Waals surface area contributed by atoms with Gasteiger partial charge >= 0.3 is 0 Å². The number of nitrogens with one attached hydrogen (secondary N) is 1. The third-order valence-corrected chi connectivity index (χ3v) is 3.73. The third-order valence-electron chi connectivity index (χ3n) is 2.80. The average Bonchev–Trinajstić information content (AvgIpc) is 2.94. The van der Waals surface area contributed by atoms with E-state index >= 15 is 0 Å². The normalized spacial score (nSPS) is 10.9. The highest BCUT2D eigenvalue weighted by molar-refractivity contribution is 7.22.